The Labute approximate surface area is 107 Å². The van der Waals surface area contributed by atoms with E-state index in [9.17, 15) is 4.79 Å². The van der Waals surface area contributed by atoms with Gasteiger partial charge < -0.3 is 15.5 Å². The molecule has 0 saturated carbocycles. The number of anilines is 1. The first kappa shape index (κ1) is 12.7. The third kappa shape index (κ3) is 2.27. The first-order valence-corrected chi connectivity index (χ1v) is 6.29. The van der Waals surface area contributed by atoms with Crippen LogP contribution in [0, 0.1) is 6.92 Å². The largest absolute Gasteiger partial charge is 0.477 e. The van der Waals surface area contributed by atoms with E-state index in [1.165, 1.54) is 6.33 Å². The van der Waals surface area contributed by atoms with E-state index < -0.39 is 5.97 Å². The number of aromatic carboxylic acids is 1. The zero-order valence-corrected chi connectivity index (χ0v) is 10.6. The second-order valence-corrected chi connectivity index (χ2v) is 4.77. The van der Waals surface area contributed by atoms with Gasteiger partial charge in [0.05, 0.1) is 5.39 Å². The molecule has 0 aliphatic carbocycles. The fraction of sp³-hybridized carbons (Fsp3) is 0.364. The normalized spacial score (nSPS) is 10.8. The average Bonchev–Trinajstić information content (AvgIpc) is 2.68. The molecule has 0 radical (unpaired) electrons. The molecule has 96 valence electrons. The maximum atomic E-state index is 11.1. The van der Waals surface area contributed by atoms with Crippen LogP contribution in [0.5, 0.6) is 0 Å². The van der Waals surface area contributed by atoms with Crippen LogP contribution in [0.1, 0.15) is 21.7 Å². The number of carboxylic acids is 1. The minimum Gasteiger partial charge on any atom is -0.477 e. The van der Waals surface area contributed by atoms with Crippen LogP contribution < -0.4 is 5.32 Å². The van der Waals surface area contributed by atoms with E-state index in [0.29, 0.717) is 29.2 Å². The molecule has 0 saturated heterocycles. The predicted molar refractivity (Wildman–Crippen MR) is 69.3 cm³/mol. The highest BCUT2D eigenvalue weighted by Gasteiger charge is 2.18. The Kier molecular flexibility index (Phi) is 3.73. The molecule has 0 atom stereocenters. The number of aliphatic hydroxyl groups is 1. The smallest absolute Gasteiger partial charge is 0.346 e. The first-order chi connectivity index (χ1) is 8.65. The minimum atomic E-state index is -0.947. The van der Waals surface area contributed by atoms with Crippen LogP contribution in [-0.4, -0.2) is 39.3 Å². The van der Waals surface area contributed by atoms with Gasteiger partial charge in [0, 0.05) is 13.2 Å². The summed E-state index contributed by atoms with van der Waals surface area (Å²) >= 11 is 1.15. The lowest BCUT2D eigenvalue weighted by molar-refractivity contribution is 0.0701. The number of nitrogens with one attached hydrogen (secondary N) is 1. The SMILES string of the molecule is Cc1c(C(=O)O)sc2ncnc(NCCCO)c12. The molecule has 0 spiro atoms. The molecule has 0 unspecified atom stereocenters. The maximum Gasteiger partial charge on any atom is 0.346 e. The number of nitrogens with zero attached hydrogens (tertiary/aromatic N) is 2. The number of carboxylic acid groups (broad SMARTS) is 1. The molecule has 0 aliphatic rings. The molecule has 2 aromatic heterocycles. The first-order valence-electron chi connectivity index (χ1n) is 5.47. The number of aryl methyl sites for hydroxylation is 1. The van der Waals surface area contributed by atoms with Crippen LogP contribution in [0.2, 0.25) is 0 Å². The van der Waals surface area contributed by atoms with Gasteiger partial charge in [-0.15, -0.1) is 11.3 Å². The van der Waals surface area contributed by atoms with Gasteiger partial charge in [-0.1, -0.05) is 0 Å². The molecule has 2 aromatic rings. The van der Waals surface area contributed by atoms with E-state index >= 15 is 0 Å². The minimum absolute atomic E-state index is 0.101. The summed E-state index contributed by atoms with van der Waals surface area (Å²) < 4.78 is 0. The van der Waals surface area contributed by atoms with Gasteiger partial charge in [0.2, 0.25) is 0 Å². The molecule has 0 aliphatic heterocycles. The van der Waals surface area contributed by atoms with E-state index in [0.717, 1.165) is 16.7 Å². The van der Waals surface area contributed by atoms with Crippen LogP contribution in [0.25, 0.3) is 10.2 Å². The Hall–Kier alpha value is -1.73. The summed E-state index contributed by atoms with van der Waals surface area (Å²) in [5.41, 5.74) is 0.676. The number of aromatic nitrogens is 2. The quantitative estimate of drug-likeness (QED) is 0.710. The van der Waals surface area contributed by atoms with Crippen molar-refractivity contribution in [3.05, 3.63) is 16.8 Å². The Bertz CT molecular complexity index is 582. The van der Waals surface area contributed by atoms with Crippen molar-refractivity contribution in [1.82, 2.24) is 9.97 Å². The number of aliphatic hydroxyl groups excluding tert-OH is 1. The Morgan fingerprint density at radius 3 is 2.94 bits per heavy atom. The van der Waals surface area contributed by atoms with Crippen LogP contribution in [0.3, 0.4) is 0 Å². The van der Waals surface area contributed by atoms with Crippen molar-refractivity contribution in [2.45, 2.75) is 13.3 Å². The highest BCUT2D eigenvalue weighted by molar-refractivity contribution is 7.20. The fourth-order valence-corrected chi connectivity index (χ4v) is 2.68. The molecular weight excluding hydrogens is 254 g/mol. The monoisotopic (exact) mass is 267 g/mol. The molecule has 0 bridgehead atoms. The zero-order chi connectivity index (χ0) is 13.1. The van der Waals surface area contributed by atoms with Crippen molar-refractivity contribution < 1.29 is 15.0 Å². The number of hydrogen-bond donors (Lipinski definition) is 3. The fourth-order valence-electron chi connectivity index (χ4n) is 1.70. The molecule has 18 heavy (non-hydrogen) atoms. The lowest BCUT2D eigenvalue weighted by atomic mass is 10.2. The van der Waals surface area contributed by atoms with Gasteiger partial charge in [-0.3, -0.25) is 0 Å². The highest BCUT2D eigenvalue weighted by Crippen LogP contribution is 2.32. The molecule has 2 heterocycles. The van der Waals surface area contributed by atoms with E-state index in [1.54, 1.807) is 6.92 Å². The number of rotatable bonds is 5. The summed E-state index contributed by atoms with van der Waals surface area (Å²) in [6.07, 6.45) is 2.02. The van der Waals surface area contributed by atoms with Crippen LogP contribution in [-0.2, 0) is 0 Å². The van der Waals surface area contributed by atoms with Gasteiger partial charge in [0.15, 0.2) is 0 Å². The van der Waals surface area contributed by atoms with Crippen LogP contribution in [0.4, 0.5) is 5.82 Å². The summed E-state index contributed by atoms with van der Waals surface area (Å²) in [6.45, 7) is 2.44. The van der Waals surface area contributed by atoms with Crippen molar-refractivity contribution in [3.63, 3.8) is 0 Å². The van der Waals surface area contributed by atoms with Crippen molar-refractivity contribution >= 4 is 33.3 Å². The number of hydrogen-bond acceptors (Lipinski definition) is 6. The van der Waals surface area contributed by atoms with Crippen molar-refractivity contribution in [3.8, 4) is 0 Å². The number of thiophene rings is 1. The van der Waals surface area contributed by atoms with Gasteiger partial charge in [-0.25, -0.2) is 14.8 Å². The average molecular weight is 267 g/mol. The summed E-state index contributed by atoms with van der Waals surface area (Å²) in [5.74, 6) is -0.327. The third-order valence-corrected chi connectivity index (χ3v) is 3.74. The van der Waals surface area contributed by atoms with Crippen LogP contribution in [0.15, 0.2) is 6.33 Å². The summed E-state index contributed by atoms with van der Waals surface area (Å²) in [7, 11) is 0. The second-order valence-electron chi connectivity index (χ2n) is 3.77. The Morgan fingerprint density at radius 2 is 2.28 bits per heavy atom. The van der Waals surface area contributed by atoms with E-state index in [2.05, 4.69) is 15.3 Å². The molecule has 6 nitrogen and oxygen atoms in total. The van der Waals surface area contributed by atoms with Crippen molar-refractivity contribution in [1.29, 1.82) is 0 Å². The van der Waals surface area contributed by atoms with Gasteiger partial charge in [-0.2, -0.15) is 0 Å². The van der Waals surface area contributed by atoms with Gasteiger partial charge in [0.1, 0.15) is 21.9 Å². The number of fused-ring (bicyclic) bond motifs is 1. The van der Waals surface area contributed by atoms with Crippen molar-refractivity contribution in [2.24, 2.45) is 0 Å². The molecule has 2 rings (SSSR count). The molecule has 7 heteroatoms. The Morgan fingerprint density at radius 1 is 1.50 bits per heavy atom. The van der Waals surface area contributed by atoms with Crippen LogP contribution >= 0.6 is 11.3 Å². The lowest BCUT2D eigenvalue weighted by Crippen LogP contribution is -2.05. The molecule has 0 amide bonds. The summed E-state index contributed by atoms with van der Waals surface area (Å²) in [6, 6.07) is 0. The van der Waals surface area contributed by atoms with Gasteiger partial charge >= 0.3 is 5.97 Å². The van der Waals surface area contributed by atoms with Gasteiger partial charge in [-0.05, 0) is 18.9 Å². The highest BCUT2D eigenvalue weighted by atomic mass is 32.1. The molecule has 0 aromatic carbocycles. The van der Waals surface area contributed by atoms with E-state index in [-0.39, 0.29) is 11.5 Å². The van der Waals surface area contributed by atoms with Crippen molar-refractivity contribution in [2.75, 3.05) is 18.5 Å². The lowest BCUT2D eigenvalue weighted by Gasteiger charge is -2.05. The summed E-state index contributed by atoms with van der Waals surface area (Å²) in [5, 5.41) is 21.7. The van der Waals surface area contributed by atoms with E-state index in [1.807, 2.05) is 0 Å². The molecule has 3 N–H and O–H groups in total. The molecule has 0 fully saturated rings. The maximum absolute atomic E-state index is 11.1. The second kappa shape index (κ2) is 5.28. The van der Waals surface area contributed by atoms with Gasteiger partial charge in [0.25, 0.3) is 0 Å². The number of carbonyl (C=O) groups is 1. The standard InChI is InChI=1S/C11H13N3O3S/c1-6-7-9(12-3-2-4-15)13-5-14-10(7)18-8(6)11(16)17/h5,15H,2-4H2,1H3,(H,16,17)(H,12,13,14). The van der Waals surface area contributed by atoms with E-state index in [4.69, 9.17) is 10.2 Å². The Balaban J connectivity index is 2.44. The third-order valence-electron chi connectivity index (χ3n) is 2.55. The zero-order valence-electron chi connectivity index (χ0n) is 9.80. The topological polar surface area (TPSA) is 95.3 Å². The molecular formula is C11H13N3O3S. The predicted octanol–water partition coefficient (Wildman–Crippen LogP) is 1.49. The summed E-state index contributed by atoms with van der Waals surface area (Å²) in [4.78, 5) is 20.2.